The highest BCUT2D eigenvalue weighted by molar-refractivity contribution is 6.34. The van der Waals surface area contributed by atoms with Gasteiger partial charge in [0.05, 0.1) is 35.0 Å². The highest BCUT2D eigenvalue weighted by Crippen LogP contribution is 2.31. The van der Waals surface area contributed by atoms with Gasteiger partial charge in [0.1, 0.15) is 25.1 Å². The van der Waals surface area contributed by atoms with Crippen molar-refractivity contribution in [2.75, 3.05) is 18.8 Å². The summed E-state index contributed by atoms with van der Waals surface area (Å²) in [6.07, 6.45) is 15.1. The van der Waals surface area contributed by atoms with Crippen LogP contribution in [0.4, 0.5) is 14.5 Å². The van der Waals surface area contributed by atoms with Crippen molar-refractivity contribution in [3.05, 3.63) is 39.6 Å². The van der Waals surface area contributed by atoms with E-state index in [0.29, 0.717) is 34.2 Å². The molecule has 9 heteroatoms. The van der Waals surface area contributed by atoms with Crippen LogP contribution in [0.25, 0.3) is 23.7 Å². The molecule has 2 aromatic heterocycles. The van der Waals surface area contributed by atoms with Crippen molar-refractivity contribution in [2.24, 2.45) is 0 Å². The third-order valence-corrected chi connectivity index (χ3v) is 6.16. The van der Waals surface area contributed by atoms with E-state index in [1.165, 1.54) is 18.8 Å². The summed E-state index contributed by atoms with van der Waals surface area (Å²) in [7, 11) is 0. The number of anilines is 1. The molecule has 0 aliphatic heterocycles. The maximum absolute atomic E-state index is 12.7. The number of alkyl halides is 2. The Bertz CT molecular complexity index is 1140. The van der Waals surface area contributed by atoms with E-state index in [1.54, 1.807) is 0 Å². The Morgan fingerprint density at radius 2 is 1.88 bits per heavy atom. The molecule has 4 rings (SSSR count). The highest BCUT2D eigenvalue weighted by atomic mass is 35.5. The Labute approximate surface area is 190 Å². The lowest BCUT2D eigenvalue weighted by Gasteiger charge is -2.26. The topological polar surface area (TPSA) is 78.6 Å². The lowest BCUT2D eigenvalue weighted by atomic mass is 9.95. The van der Waals surface area contributed by atoms with Crippen LogP contribution in [0.5, 0.6) is 0 Å². The summed E-state index contributed by atoms with van der Waals surface area (Å²) < 4.78 is 27.6. The van der Waals surface area contributed by atoms with Crippen molar-refractivity contribution in [3.8, 4) is 17.6 Å². The van der Waals surface area contributed by atoms with E-state index >= 15 is 0 Å². The Kier molecular flexibility index (Phi) is 7.18. The molecule has 0 bridgehead atoms. The molecule has 0 radical (unpaired) electrons. The average molecular weight is 459 g/mol. The molecule has 0 atom stereocenters. The van der Waals surface area contributed by atoms with Gasteiger partial charge >= 0.3 is 0 Å². The van der Waals surface area contributed by atoms with Crippen LogP contribution in [-0.4, -0.2) is 33.9 Å². The summed E-state index contributed by atoms with van der Waals surface area (Å²) in [5, 5.41) is 12.5. The van der Waals surface area contributed by atoms with Gasteiger partial charge in [-0.15, -0.1) is 0 Å². The van der Waals surface area contributed by atoms with Crippen LogP contribution >= 0.6 is 11.6 Å². The van der Waals surface area contributed by atoms with E-state index in [2.05, 4.69) is 31.5 Å². The van der Waals surface area contributed by atoms with E-state index in [1.807, 2.05) is 18.2 Å². The summed E-state index contributed by atoms with van der Waals surface area (Å²) in [6, 6.07) is 1.66. The Balaban J connectivity index is 1.79. The van der Waals surface area contributed by atoms with Crippen molar-refractivity contribution < 1.29 is 8.78 Å². The molecule has 2 aromatic rings. The SMILES string of the molecule is N#Cc1c(-c2ncc(NNC(CF)CF)cn2)n(C2CCCCC2)c2c1=CCC=C(Cl)C=2. The minimum Gasteiger partial charge on any atom is -0.334 e. The van der Waals surface area contributed by atoms with Gasteiger partial charge in [0.2, 0.25) is 0 Å². The van der Waals surface area contributed by atoms with Gasteiger partial charge in [0.25, 0.3) is 0 Å². The molecular formula is C23H25ClF2N6. The lowest BCUT2D eigenvalue weighted by molar-refractivity contribution is 0.320. The molecule has 2 heterocycles. The minimum atomic E-state index is -0.942. The third kappa shape index (κ3) is 4.54. The predicted molar refractivity (Wildman–Crippen MR) is 122 cm³/mol. The third-order valence-electron chi connectivity index (χ3n) is 5.90. The van der Waals surface area contributed by atoms with Crippen LogP contribution in [0.2, 0.25) is 0 Å². The largest absolute Gasteiger partial charge is 0.334 e. The first kappa shape index (κ1) is 22.4. The lowest BCUT2D eigenvalue weighted by Crippen LogP contribution is -2.37. The molecule has 6 nitrogen and oxygen atoms in total. The van der Waals surface area contributed by atoms with Gasteiger partial charge in [0, 0.05) is 16.3 Å². The second-order valence-electron chi connectivity index (χ2n) is 8.04. The van der Waals surface area contributed by atoms with Crippen molar-refractivity contribution >= 4 is 29.4 Å². The molecule has 0 aromatic carbocycles. The molecule has 2 aliphatic carbocycles. The number of hydrogen-bond donors (Lipinski definition) is 2. The van der Waals surface area contributed by atoms with Gasteiger partial charge in [-0.25, -0.2) is 24.2 Å². The number of fused-ring (bicyclic) bond motifs is 1. The molecule has 1 fully saturated rings. The highest BCUT2D eigenvalue weighted by Gasteiger charge is 2.26. The maximum atomic E-state index is 12.7. The summed E-state index contributed by atoms with van der Waals surface area (Å²) in [5.74, 6) is 0.431. The second-order valence-corrected chi connectivity index (χ2v) is 8.48. The summed E-state index contributed by atoms with van der Waals surface area (Å²) in [5.41, 5.74) is 6.99. The number of aromatic nitrogens is 3. The van der Waals surface area contributed by atoms with E-state index in [4.69, 9.17) is 11.6 Å². The first-order valence-electron chi connectivity index (χ1n) is 10.8. The van der Waals surface area contributed by atoms with E-state index in [-0.39, 0.29) is 6.04 Å². The molecule has 168 valence electrons. The fraction of sp³-hybridized carbons (Fsp3) is 0.435. The maximum Gasteiger partial charge on any atom is 0.177 e. The van der Waals surface area contributed by atoms with Gasteiger partial charge in [-0.05, 0) is 25.3 Å². The molecule has 2 N–H and O–H groups in total. The Morgan fingerprint density at radius 3 is 2.53 bits per heavy atom. The predicted octanol–water partition coefficient (Wildman–Crippen LogP) is 3.63. The molecule has 32 heavy (non-hydrogen) atoms. The summed E-state index contributed by atoms with van der Waals surface area (Å²) in [6.45, 7) is -1.67. The van der Waals surface area contributed by atoms with Gasteiger partial charge in [-0.3, -0.25) is 0 Å². The smallest absolute Gasteiger partial charge is 0.177 e. The fourth-order valence-electron chi connectivity index (χ4n) is 4.33. The molecule has 1 saturated carbocycles. The van der Waals surface area contributed by atoms with Gasteiger partial charge < -0.3 is 9.99 Å². The fourth-order valence-corrected chi connectivity index (χ4v) is 4.52. The van der Waals surface area contributed by atoms with E-state index in [0.717, 1.165) is 36.3 Å². The number of rotatable bonds is 7. The zero-order valence-corrected chi connectivity index (χ0v) is 18.4. The number of halogens is 3. The molecule has 2 aliphatic rings. The van der Waals surface area contributed by atoms with Crippen LogP contribution in [0.15, 0.2) is 23.5 Å². The van der Waals surface area contributed by atoms with E-state index in [9.17, 15) is 14.0 Å². The Morgan fingerprint density at radius 1 is 1.16 bits per heavy atom. The average Bonchev–Trinajstić information content (AvgIpc) is 3.00. The van der Waals surface area contributed by atoms with E-state index < -0.39 is 19.4 Å². The number of allylic oxidation sites excluding steroid dienone is 2. The molecular weight excluding hydrogens is 434 g/mol. The van der Waals surface area contributed by atoms with Crippen molar-refractivity contribution in [1.82, 2.24) is 20.0 Å². The van der Waals surface area contributed by atoms with Crippen molar-refractivity contribution in [3.63, 3.8) is 0 Å². The van der Waals surface area contributed by atoms with Gasteiger partial charge in [-0.1, -0.05) is 43.0 Å². The number of nitrogens with one attached hydrogen (secondary N) is 2. The first-order valence-corrected chi connectivity index (χ1v) is 11.2. The van der Waals surface area contributed by atoms with Gasteiger partial charge in [0.15, 0.2) is 5.82 Å². The molecule has 0 amide bonds. The number of nitrogens with zero attached hydrogens (tertiary/aromatic N) is 4. The van der Waals surface area contributed by atoms with Crippen LogP contribution in [0, 0.1) is 11.3 Å². The quantitative estimate of drug-likeness (QED) is 0.619. The number of hydrazine groups is 1. The first-order chi connectivity index (χ1) is 15.7. The van der Waals surface area contributed by atoms with Crippen molar-refractivity contribution in [2.45, 2.75) is 50.6 Å². The number of nitriles is 1. The van der Waals surface area contributed by atoms with Gasteiger partial charge in [-0.2, -0.15) is 5.26 Å². The molecule has 0 spiro atoms. The van der Waals surface area contributed by atoms with Crippen LogP contribution < -0.4 is 21.4 Å². The normalized spacial score (nSPS) is 16.4. The standard InChI is InChI=1S/C23H25ClF2N6/c24-15-5-4-8-19-20(12-27)22(32(21(19)9-15)18-6-2-1-3-7-18)23-28-13-17(14-29-23)31-30-16(10-25)11-26/h5,8-9,13-14,16,18,30-31H,1-4,6-7,10-11H2. The minimum absolute atomic E-state index is 0.236. The van der Waals surface area contributed by atoms with Crippen LogP contribution in [-0.2, 0) is 0 Å². The Hall–Kier alpha value is -2.76. The summed E-state index contributed by atoms with van der Waals surface area (Å²) >= 11 is 6.40. The zero-order valence-electron chi connectivity index (χ0n) is 17.6. The molecule has 0 unspecified atom stereocenters. The second kappa shape index (κ2) is 10.2. The number of hydrogen-bond acceptors (Lipinski definition) is 5. The van der Waals surface area contributed by atoms with Crippen LogP contribution in [0.3, 0.4) is 0 Å². The van der Waals surface area contributed by atoms with Crippen LogP contribution in [0.1, 0.15) is 50.1 Å². The summed E-state index contributed by atoms with van der Waals surface area (Å²) in [4.78, 5) is 8.96. The monoisotopic (exact) mass is 458 g/mol. The van der Waals surface area contributed by atoms with Crippen molar-refractivity contribution in [1.29, 1.82) is 5.26 Å². The zero-order chi connectivity index (χ0) is 22.5. The molecule has 0 saturated heterocycles.